The van der Waals surface area contributed by atoms with Crippen LogP contribution >= 0.6 is 0 Å². The lowest BCUT2D eigenvalue weighted by atomic mass is 9.48. The van der Waals surface area contributed by atoms with E-state index in [9.17, 15) is 10.2 Å². The van der Waals surface area contributed by atoms with Crippen LogP contribution in [-0.4, -0.2) is 21.9 Å². The molecule has 0 aromatic rings. The van der Waals surface area contributed by atoms with Gasteiger partial charge in [-0.25, -0.2) is 0 Å². The maximum Gasteiger partial charge on any atom is 0.117 e. The van der Waals surface area contributed by atoms with Crippen LogP contribution in [0.1, 0.15) is 105 Å². The lowest BCUT2D eigenvalue weighted by Crippen LogP contribution is -2.52. The van der Waals surface area contributed by atoms with E-state index < -0.39 is 11.7 Å². The third-order valence-corrected chi connectivity index (χ3v) is 9.91. The Hall–Kier alpha value is -0.520. The van der Waals surface area contributed by atoms with Gasteiger partial charge in [0.2, 0.25) is 0 Å². The summed E-state index contributed by atoms with van der Waals surface area (Å²) >= 11 is 0. The first-order chi connectivity index (χ1) is 13.7. The molecule has 0 bridgehead atoms. The number of aliphatic hydroxyl groups is 2. The molecule has 3 saturated carbocycles. The van der Waals surface area contributed by atoms with Gasteiger partial charge in [-0.1, -0.05) is 52.9 Å². The first kappa shape index (κ1) is 23.1. The van der Waals surface area contributed by atoms with E-state index in [-0.39, 0.29) is 5.92 Å². The average Bonchev–Trinajstić information content (AvgIpc) is 2.78. The van der Waals surface area contributed by atoms with Gasteiger partial charge < -0.3 is 10.2 Å². The molecule has 0 amide bonds. The van der Waals surface area contributed by atoms with Gasteiger partial charge in [0.25, 0.3) is 0 Å². The second-order valence-electron chi connectivity index (χ2n) is 11.3. The number of aliphatic hydroxyl groups excluding tert-OH is 1. The van der Waals surface area contributed by atoms with Gasteiger partial charge in [-0.05, 0) is 99.2 Å². The average molecular weight is 403 g/mol. The van der Waals surface area contributed by atoms with Gasteiger partial charge in [0.05, 0.1) is 5.60 Å². The minimum absolute atomic E-state index is 0.271. The van der Waals surface area contributed by atoms with Crippen LogP contribution in [-0.2, 0) is 0 Å². The van der Waals surface area contributed by atoms with Gasteiger partial charge in [-0.3, -0.25) is 0 Å². The van der Waals surface area contributed by atoms with Crippen LogP contribution in [0.4, 0.5) is 0 Å². The molecule has 3 fully saturated rings. The van der Waals surface area contributed by atoms with E-state index in [2.05, 4.69) is 39.5 Å². The highest BCUT2D eigenvalue weighted by molar-refractivity contribution is 5.06. The van der Waals surface area contributed by atoms with E-state index >= 15 is 0 Å². The van der Waals surface area contributed by atoms with Crippen molar-refractivity contribution >= 4 is 0 Å². The number of rotatable bonds is 3. The summed E-state index contributed by atoms with van der Waals surface area (Å²) in [6.45, 7) is 11.3. The van der Waals surface area contributed by atoms with Gasteiger partial charge in [0.15, 0.2) is 0 Å². The summed E-state index contributed by atoms with van der Waals surface area (Å²) in [6.07, 6.45) is 12.7. The van der Waals surface area contributed by atoms with Crippen LogP contribution in [0, 0.1) is 52.8 Å². The van der Waals surface area contributed by atoms with Crippen LogP contribution in [0.2, 0.25) is 0 Å². The van der Waals surface area contributed by atoms with Crippen molar-refractivity contribution in [3.05, 3.63) is 0 Å². The molecule has 0 saturated heterocycles. The van der Waals surface area contributed by atoms with Crippen LogP contribution in [0.25, 0.3) is 0 Å². The Labute approximate surface area is 180 Å². The van der Waals surface area contributed by atoms with Crippen molar-refractivity contribution in [1.82, 2.24) is 0 Å². The number of hydrogen-bond acceptors (Lipinski definition) is 2. The third-order valence-electron chi connectivity index (χ3n) is 9.91. The topological polar surface area (TPSA) is 40.5 Å². The fourth-order valence-corrected chi connectivity index (χ4v) is 7.55. The monoisotopic (exact) mass is 402 g/mol. The van der Waals surface area contributed by atoms with Crippen LogP contribution < -0.4 is 0 Å². The van der Waals surface area contributed by atoms with Crippen molar-refractivity contribution in [2.75, 3.05) is 0 Å². The Morgan fingerprint density at radius 2 is 1.83 bits per heavy atom. The Kier molecular flexibility index (Phi) is 7.44. The minimum Gasteiger partial charge on any atom is -0.390 e. The second kappa shape index (κ2) is 9.32. The smallest absolute Gasteiger partial charge is 0.117 e. The number of hydrogen-bond donors (Lipinski definition) is 2. The molecule has 29 heavy (non-hydrogen) atoms. The molecule has 9 atom stereocenters. The van der Waals surface area contributed by atoms with E-state index in [1.165, 1.54) is 51.4 Å². The van der Waals surface area contributed by atoms with Crippen molar-refractivity contribution < 1.29 is 10.2 Å². The summed E-state index contributed by atoms with van der Waals surface area (Å²) < 4.78 is 0. The summed E-state index contributed by atoms with van der Waals surface area (Å²) in [5.74, 6) is 9.89. The van der Waals surface area contributed by atoms with Crippen LogP contribution in [0.5, 0.6) is 0 Å². The molecular weight excluding hydrogens is 356 g/mol. The predicted octanol–water partition coefficient (Wildman–Crippen LogP) is 6.20. The molecule has 2 nitrogen and oxygen atoms in total. The fraction of sp³-hybridized carbons (Fsp3) is 0.926. The van der Waals surface area contributed by atoms with E-state index in [0.29, 0.717) is 17.3 Å². The fourth-order valence-electron chi connectivity index (χ4n) is 7.55. The molecule has 2 N–H and O–H groups in total. The molecular formula is C27H46O2. The molecule has 0 aromatic heterocycles. The maximum absolute atomic E-state index is 11.0. The Bertz CT molecular complexity index is 603. The standard InChI is InChI=1S/C27H46O2/c1-6-9-25(28)20(4)21-10-8-11-24-23(19(3)12-13-21)15-14-22-18-27(29,7-2)17-16-26(22,24)5/h19-25,28-29H,7-8,10-18H2,1-5H3/t19-,20-,21+,22+,23-,24-,25+,26-,27+/m0/s1. The quantitative estimate of drug-likeness (QED) is 0.552. The van der Waals surface area contributed by atoms with Crippen molar-refractivity contribution in [1.29, 1.82) is 0 Å². The first-order valence-electron chi connectivity index (χ1n) is 12.6. The van der Waals surface area contributed by atoms with Crippen molar-refractivity contribution in [3.63, 3.8) is 0 Å². The predicted molar refractivity (Wildman–Crippen MR) is 121 cm³/mol. The highest BCUT2D eigenvalue weighted by atomic mass is 16.3. The minimum atomic E-state index is -0.477. The van der Waals surface area contributed by atoms with Crippen molar-refractivity contribution in [3.8, 4) is 11.8 Å². The van der Waals surface area contributed by atoms with Crippen LogP contribution in [0.15, 0.2) is 0 Å². The largest absolute Gasteiger partial charge is 0.390 e. The first-order valence-corrected chi connectivity index (χ1v) is 12.6. The van der Waals surface area contributed by atoms with Crippen LogP contribution in [0.3, 0.4) is 0 Å². The summed E-state index contributed by atoms with van der Waals surface area (Å²) in [6, 6.07) is 0. The molecule has 166 valence electrons. The Morgan fingerprint density at radius 1 is 1.07 bits per heavy atom. The zero-order chi connectivity index (χ0) is 21.2. The molecule has 3 aliphatic rings. The Morgan fingerprint density at radius 3 is 2.52 bits per heavy atom. The second-order valence-corrected chi connectivity index (χ2v) is 11.3. The lowest BCUT2D eigenvalue weighted by Gasteiger charge is -2.58. The molecule has 0 aliphatic heterocycles. The van der Waals surface area contributed by atoms with E-state index in [4.69, 9.17) is 0 Å². The summed E-state index contributed by atoms with van der Waals surface area (Å²) in [5, 5.41) is 21.4. The number of fused-ring (bicyclic) bond motifs is 3. The van der Waals surface area contributed by atoms with Gasteiger partial charge in [-0.2, -0.15) is 0 Å². The van der Waals surface area contributed by atoms with E-state index in [1.54, 1.807) is 0 Å². The molecule has 3 aliphatic carbocycles. The molecule has 0 aromatic carbocycles. The van der Waals surface area contributed by atoms with Gasteiger partial charge >= 0.3 is 0 Å². The maximum atomic E-state index is 11.0. The third kappa shape index (κ3) is 4.72. The summed E-state index contributed by atoms with van der Waals surface area (Å²) in [5.41, 5.74) is 0.00927. The molecule has 0 heterocycles. The molecule has 2 heteroatoms. The van der Waals surface area contributed by atoms with Gasteiger partial charge in [0, 0.05) is 0 Å². The lowest BCUT2D eigenvalue weighted by molar-refractivity contribution is -0.125. The molecule has 3 rings (SSSR count). The molecule has 0 radical (unpaired) electrons. The Balaban J connectivity index is 1.75. The molecule has 0 unspecified atom stereocenters. The van der Waals surface area contributed by atoms with Crippen molar-refractivity contribution in [2.24, 2.45) is 40.9 Å². The van der Waals surface area contributed by atoms with E-state index in [1.807, 2.05) is 6.92 Å². The van der Waals surface area contributed by atoms with Crippen molar-refractivity contribution in [2.45, 2.75) is 117 Å². The highest BCUT2D eigenvalue weighted by Gasteiger charge is 2.53. The normalized spacial score (nSPS) is 45.3. The summed E-state index contributed by atoms with van der Waals surface area (Å²) in [4.78, 5) is 0. The summed E-state index contributed by atoms with van der Waals surface area (Å²) in [7, 11) is 0. The zero-order valence-electron chi connectivity index (χ0n) is 19.7. The van der Waals surface area contributed by atoms with E-state index in [0.717, 1.165) is 37.0 Å². The molecule has 0 spiro atoms. The van der Waals surface area contributed by atoms with Gasteiger partial charge in [0.1, 0.15) is 6.10 Å². The highest BCUT2D eigenvalue weighted by Crippen LogP contribution is 2.60. The SMILES string of the molecule is CC#C[C@@H](O)[C@@H](C)[C@@H]1CCC[C@H]2[C@@H](CC[C@@H]3C[C@@](O)(CC)CC[C@@]32C)[C@@H](C)CC1. The zero-order valence-corrected chi connectivity index (χ0v) is 19.7. The van der Waals surface area contributed by atoms with Gasteiger partial charge in [-0.15, -0.1) is 5.92 Å².